The maximum absolute atomic E-state index is 12.8. The fourth-order valence-electron chi connectivity index (χ4n) is 6.40. The molecule has 1 atom stereocenters. The minimum Gasteiger partial charge on any atom is -0.462 e. The van der Waals surface area contributed by atoms with Gasteiger partial charge in [0.25, 0.3) is 0 Å². The van der Waals surface area contributed by atoms with E-state index in [1.807, 2.05) is 0 Å². The molecule has 60 heavy (non-hydrogen) atoms. The zero-order chi connectivity index (χ0) is 43.7. The van der Waals surface area contributed by atoms with Crippen LogP contribution in [0.4, 0.5) is 0 Å². The van der Waals surface area contributed by atoms with Crippen LogP contribution in [-0.2, 0) is 28.6 Å². The highest BCUT2D eigenvalue weighted by Crippen LogP contribution is 2.12. The van der Waals surface area contributed by atoms with Gasteiger partial charge in [0.1, 0.15) is 13.2 Å². The van der Waals surface area contributed by atoms with Crippen molar-refractivity contribution >= 4 is 17.9 Å². The summed E-state index contributed by atoms with van der Waals surface area (Å²) in [5.74, 6) is -0.972. The molecule has 0 unspecified atom stereocenters. The van der Waals surface area contributed by atoms with Crippen molar-refractivity contribution in [2.24, 2.45) is 0 Å². The van der Waals surface area contributed by atoms with E-state index in [0.717, 1.165) is 116 Å². The first-order valence-electron chi connectivity index (χ1n) is 24.6. The fraction of sp³-hybridized carbons (Fsp3) is 0.685. The van der Waals surface area contributed by atoms with Crippen LogP contribution in [0.25, 0.3) is 0 Å². The Labute approximate surface area is 369 Å². The third-order valence-corrected chi connectivity index (χ3v) is 10.1. The zero-order valence-corrected chi connectivity index (χ0v) is 38.9. The predicted octanol–water partition coefficient (Wildman–Crippen LogP) is 16.0. The second kappa shape index (κ2) is 48.3. The quantitative estimate of drug-likeness (QED) is 0.0263. The lowest BCUT2D eigenvalue weighted by Gasteiger charge is -2.18. The highest BCUT2D eigenvalue weighted by atomic mass is 16.6. The normalized spacial score (nSPS) is 12.8. The van der Waals surface area contributed by atoms with Crippen LogP contribution in [0.3, 0.4) is 0 Å². The molecule has 6 nitrogen and oxygen atoms in total. The van der Waals surface area contributed by atoms with Gasteiger partial charge >= 0.3 is 17.9 Å². The molecule has 0 rings (SSSR count). The smallest absolute Gasteiger partial charge is 0.306 e. The Morgan fingerprint density at radius 1 is 0.350 bits per heavy atom. The van der Waals surface area contributed by atoms with Gasteiger partial charge < -0.3 is 14.2 Å². The van der Waals surface area contributed by atoms with Crippen molar-refractivity contribution in [1.82, 2.24) is 0 Å². The summed E-state index contributed by atoms with van der Waals surface area (Å²) in [6.45, 7) is 6.40. The first kappa shape index (κ1) is 56.6. The number of carbonyl (C=O) groups excluding carboxylic acids is 3. The van der Waals surface area contributed by atoms with E-state index in [1.54, 1.807) is 0 Å². The van der Waals surface area contributed by atoms with Gasteiger partial charge in [-0.3, -0.25) is 14.4 Å². The molecule has 0 aromatic heterocycles. The van der Waals surface area contributed by atoms with Gasteiger partial charge in [-0.15, -0.1) is 0 Å². The summed E-state index contributed by atoms with van der Waals surface area (Å²) in [6.07, 6.45) is 61.3. The maximum atomic E-state index is 12.8. The Balaban J connectivity index is 4.50. The van der Waals surface area contributed by atoms with Gasteiger partial charge in [-0.2, -0.15) is 0 Å². The van der Waals surface area contributed by atoms with E-state index >= 15 is 0 Å². The summed E-state index contributed by atoms with van der Waals surface area (Å²) in [7, 11) is 0. The van der Waals surface area contributed by atoms with E-state index in [9.17, 15) is 14.4 Å². The van der Waals surface area contributed by atoms with Gasteiger partial charge in [-0.05, 0) is 116 Å². The minimum absolute atomic E-state index is 0.103. The van der Waals surface area contributed by atoms with E-state index in [1.165, 1.54) is 57.8 Å². The highest BCUT2D eigenvalue weighted by molar-refractivity contribution is 5.71. The first-order chi connectivity index (χ1) is 29.5. The number of esters is 3. The second-order valence-electron chi connectivity index (χ2n) is 16.0. The SMILES string of the molecule is CC/C=C\C/C=C\C/C=C\CCCCCCCC(=O)OC[C@@H](COC(=O)CCCCCCC/C=C\CCCCC)OC(=O)CCCC/C=C\C/C=C\C/C=C\CCCCC. The summed E-state index contributed by atoms with van der Waals surface area (Å²) in [6, 6.07) is 0. The minimum atomic E-state index is -0.806. The molecular formula is C54H90O6. The summed E-state index contributed by atoms with van der Waals surface area (Å²) in [5.41, 5.74) is 0. The number of rotatable bonds is 43. The van der Waals surface area contributed by atoms with E-state index in [2.05, 4.69) is 106 Å². The molecule has 0 aliphatic heterocycles. The molecule has 0 aliphatic rings. The topological polar surface area (TPSA) is 78.9 Å². The van der Waals surface area contributed by atoms with Gasteiger partial charge in [0.2, 0.25) is 0 Å². The first-order valence-corrected chi connectivity index (χ1v) is 24.6. The van der Waals surface area contributed by atoms with E-state index in [-0.39, 0.29) is 37.5 Å². The highest BCUT2D eigenvalue weighted by Gasteiger charge is 2.19. The van der Waals surface area contributed by atoms with E-state index in [4.69, 9.17) is 14.2 Å². The average Bonchev–Trinajstić information content (AvgIpc) is 3.24. The molecule has 342 valence electrons. The summed E-state index contributed by atoms with van der Waals surface area (Å²) < 4.78 is 16.7. The van der Waals surface area contributed by atoms with Crippen LogP contribution in [0.2, 0.25) is 0 Å². The van der Waals surface area contributed by atoms with Crippen molar-refractivity contribution in [3.05, 3.63) is 85.1 Å². The number of unbranched alkanes of at least 4 members (excludes halogenated alkanes) is 18. The number of carbonyl (C=O) groups is 3. The van der Waals surface area contributed by atoms with E-state index in [0.29, 0.717) is 19.3 Å². The van der Waals surface area contributed by atoms with Crippen LogP contribution < -0.4 is 0 Å². The molecule has 0 aromatic carbocycles. The van der Waals surface area contributed by atoms with Crippen molar-refractivity contribution in [2.75, 3.05) is 13.2 Å². The molecule has 0 amide bonds. The molecule has 0 aliphatic carbocycles. The number of hydrogen-bond acceptors (Lipinski definition) is 6. The molecule has 0 radical (unpaired) electrons. The summed E-state index contributed by atoms with van der Waals surface area (Å²) in [4.78, 5) is 37.9. The van der Waals surface area contributed by atoms with Gasteiger partial charge in [-0.1, -0.05) is 170 Å². The molecule has 6 heteroatoms. The third kappa shape index (κ3) is 45.7. The number of allylic oxidation sites excluding steroid dienone is 14. The molecule has 0 N–H and O–H groups in total. The largest absolute Gasteiger partial charge is 0.462 e. The van der Waals surface area contributed by atoms with Crippen LogP contribution in [0.1, 0.15) is 220 Å². The van der Waals surface area contributed by atoms with Crippen molar-refractivity contribution in [2.45, 2.75) is 226 Å². The molecule has 0 spiro atoms. The second-order valence-corrected chi connectivity index (χ2v) is 16.0. The fourth-order valence-corrected chi connectivity index (χ4v) is 6.40. The van der Waals surface area contributed by atoms with Crippen LogP contribution in [0, 0.1) is 0 Å². The lowest BCUT2D eigenvalue weighted by molar-refractivity contribution is -0.167. The van der Waals surface area contributed by atoms with Gasteiger partial charge in [0, 0.05) is 19.3 Å². The molecule has 0 aromatic rings. The summed E-state index contributed by atoms with van der Waals surface area (Å²) >= 11 is 0. The molecule has 0 saturated heterocycles. The Hall–Kier alpha value is -3.41. The Morgan fingerprint density at radius 2 is 0.650 bits per heavy atom. The van der Waals surface area contributed by atoms with Crippen LogP contribution in [0.15, 0.2) is 85.1 Å². The lowest BCUT2D eigenvalue weighted by atomic mass is 10.1. The molecule has 0 fully saturated rings. The van der Waals surface area contributed by atoms with E-state index < -0.39 is 6.10 Å². The zero-order valence-electron chi connectivity index (χ0n) is 38.9. The molecule has 0 bridgehead atoms. The Morgan fingerprint density at radius 3 is 1.07 bits per heavy atom. The van der Waals surface area contributed by atoms with Gasteiger partial charge in [0.15, 0.2) is 6.10 Å². The van der Waals surface area contributed by atoms with Gasteiger partial charge in [0.05, 0.1) is 0 Å². The van der Waals surface area contributed by atoms with Crippen molar-refractivity contribution < 1.29 is 28.6 Å². The maximum Gasteiger partial charge on any atom is 0.306 e. The molecule has 0 heterocycles. The number of ether oxygens (including phenoxy) is 3. The van der Waals surface area contributed by atoms with Crippen LogP contribution in [0.5, 0.6) is 0 Å². The van der Waals surface area contributed by atoms with Crippen molar-refractivity contribution in [3.63, 3.8) is 0 Å². The van der Waals surface area contributed by atoms with Crippen molar-refractivity contribution in [1.29, 1.82) is 0 Å². The van der Waals surface area contributed by atoms with Crippen LogP contribution >= 0.6 is 0 Å². The Bertz CT molecular complexity index is 1190. The van der Waals surface area contributed by atoms with Crippen LogP contribution in [-0.4, -0.2) is 37.2 Å². The van der Waals surface area contributed by atoms with Gasteiger partial charge in [-0.25, -0.2) is 0 Å². The molecule has 0 saturated carbocycles. The van der Waals surface area contributed by atoms with Crippen molar-refractivity contribution in [3.8, 4) is 0 Å². The Kier molecular flexibility index (Phi) is 45.5. The third-order valence-electron chi connectivity index (χ3n) is 10.1. The number of hydrogen-bond donors (Lipinski definition) is 0. The monoisotopic (exact) mass is 835 g/mol. The molecular weight excluding hydrogens is 745 g/mol. The predicted molar refractivity (Wildman–Crippen MR) is 256 cm³/mol. The lowest BCUT2D eigenvalue weighted by Crippen LogP contribution is -2.30. The standard InChI is InChI=1S/C54H90O6/c1-4-7-10-13-16-19-22-25-27-29-32-35-38-41-44-47-53(56)59-50-51(49-58-52(55)46-43-40-37-34-31-24-21-18-15-12-9-6-3)60-54(57)48-45-42-39-36-33-30-28-26-23-20-17-14-11-8-5-2/h7,10,16-21,25-28,33,36,51H,4-6,8-9,11-15,22-24,29-32,34-35,37-50H2,1-3H3/b10-7-,19-16-,20-17-,21-18-,27-25-,28-26-,36-33-/t51-/m1/s1. The average molecular weight is 835 g/mol. The summed E-state index contributed by atoms with van der Waals surface area (Å²) in [5, 5.41) is 0.